The first-order valence-electron chi connectivity index (χ1n) is 4.50. The van der Waals surface area contributed by atoms with Crippen LogP contribution in [0.1, 0.15) is 0 Å². The maximum Gasteiger partial charge on any atom is 0.411 e. The van der Waals surface area contributed by atoms with Crippen molar-refractivity contribution >= 4 is 11.6 Å². The van der Waals surface area contributed by atoms with Gasteiger partial charge in [0.2, 0.25) is 0 Å². The lowest BCUT2D eigenvalue weighted by Gasteiger charge is -2.08. The predicted octanol–water partition coefficient (Wildman–Crippen LogP) is 3.30. The number of rotatable bonds is 5. The summed E-state index contributed by atoms with van der Waals surface area (Å²) in [5.74, 6) is 0.542. The summed E-state index contributed by atoms with van der Waals surface area (Å²) in [4.78, 5) is 0. The molecule has 1 rings (SSSR count). The van der Waals surface area contributed by atoms with Crippen LogP contribution in [0.4, 0.5) is 13.2 Å². The van der Waals surface area contributed by atoms with Crippen LogP contribution < -0.4 is 4.74 Å². The van der Waals surface area contributed by atoms with Gasteiger partial charge in [0.1, 0.15) is 19.0 Å². The molecular formula is C10H10ClF3O2. The van der Waals surface area contributed by atoms with E-state index in [2.05, 4.69) is 4.74 Å². The van der Waals surface area contributed by atoms with Crippen molar-refractivity contribution in [1.29, 1.82) is 0 Å². The van der Waals surface area contributed by atoms with E-state index in [0.717, 1.165) is 0 Å². The molecule has 0 amide bonds. The van der Waals surface area contributed by atoms with Crippen molar-refractivity contribution < 1.29 is 22.6 Å². The summed E-state index contributed by atoms with van der Waals surface area (Å²) in [7, 11) is 0. The lowest BCUT2D eigenvalue weighted by atomic mass is 10.3. The maximum atomic E-state index is 11.7. The summed E-state index contributed by atoms with van der Waals surface area (Å²) in [5, 5.41) is 0.570. The number of benzene rings is 1. The molecule has 0 aliphatic heterocycles. The molecule has 2 nitrogen and oxygen atoms in total. The van der Waals surface area contributed by atoms with Crippen LogP contribution in [0, 0.1) is 0 Å². The smallest absolute Gasteiger partial charge is 0.411 e. The van der Waals surface area contributed by atoms with Crippen molar-refractivity contribution in [2.75, 3.05) is 19.8 Å². The van der Waals surface area contributed by atoms with E-state index >= 15 is 0 Å². The molecule has 6 heteroatoms. The van der Waals surface area contributed by atoms with Crippen LogP contribution in [0.5, 0.6) is 5.75 Å². The Morgan fingerprint density at radius 3 is 2.25 bits per heavy atom. The van der Waals surface area contributed by atoms with Crippen LogP contribution in [-0.2, 0) is 4.74 Å². The summed E-state index contributed by atoms with van der Waals surface area (Å²) in [6.07, 6.45) is -4.29. The molecule has 0 radical (unpaired) electrons. The molecule has 90 valence electrons. The number of alkyl halides is 3. The first kappa shape index (κ1) is 13.1. The van der Waals surface area contributed by atoms with E-state index in [0.29, 0.717) is 10.8 Å². The summed E-state index contributed by atoms with van der Waals surface area (Å²) in [5.41, 5.74) is 0. The van der Waals surface area contributed by atoms with Crippen molar-refractivity contribution in [3.05, 3.63) is 29.3 Å². The van der Waals surface area contributed by atoms with Gasteiger partial charge < -0.3 is 9.47 Å². The van der Waals surface area contributed by atoms with Gasteiger partial charge in [-0.3, -0.25) is 0 Å². The lowest BCUT2D eigenvalue weighted by Crippen LogP contribution is -2.19. The predicted molar refractivity (Wildman–Crippen MR) is 53.8 cm³/mol. The highest BCUT2D eigenvalue weighted by molar-refractivity contribution is 6.30. The number of hydrogen-bond acceptors (Lipinski definition) is 2. The quantitative estimate of drug-likeness (QED) is 0.751. The van der Waals surface area contributed by atoms with Gasteiger partial charge in [0, 0.05) is 5.02 Å². The maximum absolute atomic E-state index is 11.7. The molecule has 1 aromatic rings. The van der Waals surface area contributed by atoms with E-state index in [1.54, 1.807) is 24.3 Å². The van der Waals surface area contributed by atoms with Gasteiger partial charge in [-0.1, -0.05) is 11.6 Å². The monoisotopic (exact) mass is 254 g/mol. The summed E-state index contributed by atoms with van der Waals surface area (Å²) < 4.78 is 44.5. The van der Waals surface area contributed by atoms with Crippen molar-refractivity contribution in [2.45, 2.75) is 6.18 Å². The van der Waals surface area contributed by atoms with E-state index in [1.807, 2.05) is 0 Å². The Kier molecular flexibility index (Phi) is 4.89. The summed E-state index contributed by atoms with van der Waals surface area (Å²) >= 11 is 5.64. The minimum atomic E-state index is -4.29. The van der Waals surface area contributed by atoms with Gasteiger partial charge in [-0.05, 0) is 24.3 Å². The normalized spacial score (nSPS) is 11.5. The first-order valence-corrected chi connectivity index (χ1v) is 4.88. The Hall–Kier alpha value is -0.940. The standard InChI is InChI=1S/C10H10ClF3O2/c11-8-1-3-9(4-2-8)16-6-5-15-7-10(12,13)14/h1-4H,5-7H2. The Balaban J connectivity index is 2.14. The molecule has 16 heavy (non-hydrogen) atoms. The van der Waals surface area contributed by atoms with Crippen LogP contribution in [0.25, 0.3) is 0 Å². The average Bonchev–Trinajstić information content (AvgIpc) is 2.19. The van der Waals surface area contributed by atoms with E-state index in [9.17, 15) is 13.2 Å². The number of hydrogen-bond donors (Lipinski definition) is 0. The average molecular weight is 255 g/mol. The van der Waals surface area contributed by atoms with Gasteiger partial charge in [0.15, 0.2) is 0 Å². The molecule has 0 unspecified atom stereocenters. The van der Waals surface area contributed by atoms with Gasteiger partial charge in [-0.2, -0.15) is 13.2 Å². The van der Waals surface area contributed by atoms with Crippen LogP contribution in [0.15, 0.2) is 24.3 Å². The second-order valence-electron chi connectivity index (χ2n) is 2.97. The lowest BCUT2D eigenvalue weighted by molar-refractivity contribution is -0.175. The van der Waals surface area contributed by atoms with Crippen LogP contribution in [-0.4, -0.2) is 26.0 Å². The third-order valence-electron chi connectivity index (χ3n) is 1.58. The zero-order valence-corrected chi connectivity index (χ0v) is 9.02. The molecule has 0 aliphatic carbocycles. The number of halogens is 4. The van der Waals surface area contributed by atoms with Crippen LogP contribution in [0.3, 0.4) is 0 Å². The first-order chi connectivity index (χ1) is 7.47. The molecule has 0 aromatic heterocycles. The van der Waals surface area contributed by atoms with Crippen LogP contribution >= 0.6 is 11.6 Å². The second-order valence-corrected chi connectivity index (χ2v) is 3.41. The molecular weight excluding hydrogens is 245 g/mol. The fourth-order valence-corrected chi connectivity index (χ4v) is 1.06. The molecule has 0 bridgehead atoms. The molecule has 1 aromatic carbocycles. The summed E-state index contributed by atoms with van der Waals surface area (Å²) in [6.45, 7) is -1.29. The molecule has 0 fully saturated rings. The Morgan fingerprint density at radius 1 is 1.06 bits per heavy atom. The Morgan fingerprint density at radius 2 is 1.69 bits per heavy atom. The number of ether oxygens (including phenoxy) is 2. The van der Waals surface area contributed by atoms with Gasteiger partial charge in [0.05, 0.1) is 6.61 Å². The molecule has 0 aliphatic rings. The van der Waals surface area contributed by atoms with Gasteiger partial charge in [-0.15, -0.1) is 0 Å². The minimum absolute atomic E-state index is 0.0672. The zero-order chi connectivity index (χ0) is 12.0. The SMILES string of the molecule is FC(F)(F)COCCOc1ccc(Cl)cc1. The fraction of sp³-hybridized carbons (Fsp3) is 0.400. The largest absolute Gasteiger partial charge is 0.491 e. The highest BCUT2D eigenvalue weighted by Gasteiger charge is 2.27. The molecule has 0 spiro atoms. The van der Waals surface area contributed by atoms with Crippen molar-refractivity contribution in [3.8, 4) is 5.75 Å². The topological polar surface area (TPSA) is 18.5 Å². The molecule has 0 N–H and O–H groups in total. The summed E-state index contributed by atoms with van der Waals surface area (Å²) in [6, 6.07) is 6.53. The van der Waals surface area contributed by atoms with Gasteiger partial charge in [-0.25, -0.2) is 0 Å². The van der Waals surface area contributed by atoms with Gasteiger partial charge >= 0.3 is 6.18 Å². The fourth-order valence-electron chi connectivity index (χ4n) is 0.937. The second kappa shape index (κ2) is 5.96. The molecule has 0 saturated carbocycles. The zero-order valence-electron chi connectivity index (χ0n) is 8.26. The molecule has 0 heterocycles. The van der Waals surface area contributed by atoms with Crippen molar-refractivity contribution in [1.82, 2.24) is 0 Å². The van der Waals surface area contributed by atoms with E-state index in [-0.39, 0.29) is 13.2 Å². The molecule has 0 atom stereocenters. The van der Waals surface area contributed by atoms with E-state index in [4.69, 9.17) is 16.3 Å². The highest BCUT2D eigenvalue weighted by Crippen LogP contribution is 2.16. The van der Waals surface area contributed by atoms with E-state index < -0.39 is 12.8 Å². The van der Waals surface area contributed by atoms with Gasteiger partial charge in [0.25, 0.3) is 0 Å². The van der Waals surface area contributed by atoms with Crippen molar-refractivity contribution in [3.63, 3.8) is 0 Å². The molecule has 0 saturated heterocycles. The minimum Gasteiger partial charge on any atom is -0.491 e. The third-order valence-corrected chi connectivity index (χ3v) is 1.83. The highest BCUT2D eigenvalue weighted by atomic mass is 35.5. The Labute approximate surface area is 95.9 Å². The third kappa shape index (κ3) is 5.82. The van der Waals surface area contributed by atoms with E-state index in [1.165, 1.54) is 0 Å². The van der Waals surface area contributed by atoms with Crippen LogP contribution in [0.2, 0.25) is 5.02 Å². The van der Waals surface area contributed by atoms with Crippen molar-refractivity contribution in [2.24, 2.45) is 0 Å². The Bertz CT molecular complexity index is 311.